The summed E-state index contributed by atoms with van der Waals surface area (Å²) in [6.07, 6.45) is 8.52. The molecular formula is C33H31ClFN3O4. The largest absolute Gasteiger partial charge is 0.478 e. The van der Waals surface area contributed by atoms with Crippen molar-refractivity contribution >= 4 is 23.6 Å². The van der Waals surface area contributed by atoms with Crippen LogP contribution < -0.4 is 9.47 Å². The van der Waals surface area contributed by atoms with Crippen molar-refractivity contribution in [2.45, 2.75) is 57.3 Å². The molecule has 7 nitrogen and oxygen atoms in total. The van der Waals surface area contributed by atoms with Gasteiger partial charge in [0, 0.05) is 36.3 Å². The molecule has 6 rings (SSSR count). The van der Waals surface area contributed by atoms with Gasteiger partial charge in [0.25, 0.3) is 5.79 Å². The van der Waals surface area contributed by atoms with E-state index in [0.29, 0.717) is 40.6 Å². The van der Waals surface area contributed by atoms with Gasteiger partial charge in [0.05, 0.1) is 22.7 Å². The van der Waals surface area contributed by atoms with Gasteiger partial charge < -0.3 is 14.6 Å². The number of para-hydroxylation sites is 1. The van der Waals surface area contributed by atoms with Crippen LogP contribution in [-0.2, 0) is 23.5 Å². The minimum absolute atomic E-state index is 0.251. The molecule has 3 heterocycles. The van der Waals surface area contributed by atoms with Gasteiger partial charge in [-0.05, 0) is 98.6 Å². The van der Waals surface area contributed by atoms with Crippen LogP contribution in [0.2, 0.25) is 5.02 Å². The summed E-state index contributed by atoms with van der Waals surface area (Å²) in [5.74, 6) is -1.26. The van der Waals surface area contributed by atoms with Gasteiger partial charge in [-0.25, -0.2) is 9.18 Å². The van der Waals surface area contributed by atoms with E-state index in [1.807, 2.05) is 18.2 Å². The summed E-state index contributed by atoms with van der Waals surface area (Å²) >= 11 is 5.96. The topological polar surface area (TPSA) is 95.7 Å². The van der Waals surface area contributed by atoms with E-state index in [2.05, 4.69) is 17.0 Å². The molecular weight excluding hydrogens is 557 g/mol. The van der Waals surface area contributed by atoms with Crippen LogP contribution in [-0.4, -0.2) is 34.0 Å². The van der Waals surface area contributed by atoms with Gasteiger partial charge >= 0.3 is 5.97 Å². The fourth-order valence-corrected chi connectivity index (χ4v) is 6.16. The molecule has 1 atom stereocenters. The number of pyridine rings is 1. The first kappa shape index (κ1) is 28.2. The van der Waals surface area contributed by atoms with Gasteiger partial charge in [0.15, 0.2) is 11.5 Å². The van der Waals surface area contributed by atoms with Crippen LogP contribution in [0.4, 0.5) is 4.39 Å². The quantitative estimate of drug-likeness (QED) is 0.288. The monoisotopic (exact) mass is 587 g/mol. The molecule has 1 saturated carbocycles. The van der Waals surface area contributed by atoms with Crippen molar-refractivity contribution in [3.8, 4) is 17.6 Å². The zero-order valence-corrected chi connectivity index (χ0v) is 24.0. The maximum atomic E-state index is 14.8. The molecule has 1 N–H and O–H groups in total. The lowest BCUT2D eigenvalue weighted by Gasteiger charge is -2.33. The molecule has 0 spiro atoms. The van der Waals surface area contributed by atoms with E-state index in [1.165, 1.54) is 12.1 Å². The molecule has 9 heteroatoms. The number of aromatic nitrogens is 1. The van der Waals surface area contributed by atoms with Gasteiger partial charge in [0.1, 0.15) is 5.82 Å². The molecule has 2 aliphatic heterocycles. The van der Waals surface area contributed by atoms with E-state index < -0.39 is 17.6 Å². The Labute approximate surface area is 249 Å². The number of hydrogen-bond donors (Lipinski definition) is 1. The number of carboxylic acids is 1. The second-order valence-electron chi connectivity index (χ2n) is 11.6. The molecule has 1 saturated heterocycles. The van der Waals surface area contributed by atoms with Crippen LogP contribution in [0.15, 0.2) is 54.7 Å². The molecule has 0 amide bonds. The van der Waals surface area contributed by atoms with Crippen LogP contribution in [0.1, 0.15) is 66.5 Å². The van der Waals surface area contributed by atoms with E-state index >= 15 is 0 Å². The lowest BCUT2D eigenvalue weighted by Crippen LogP contribution is -2.34. The standard InChI is InChI=1S/C33H31ClFN3O4/c1-32(26-7-6-24(34)16-27(26)35)41-29-4-2-3-25(31(29)42-32)22-9-13-38(14-10-22)19-28-23(17-33(20-36)11-12-33)15-21(18-37-28)5-8-30(39)40/h2-8,15-16,18,22H,9-14,17,19H2,1H3,(H,39,40)/b8-5+/t32-/m0/s1. The Hall–Kier alpha value is -3.93. The van der Waals surface area contributed by atoms with Crippen molar-refractivity contribution < 1.29 is 23.8 Å². The fraction of sp³-hybridized carbons (Fsp3) is 0.364. The van der Waals surface area contributed by atoms with Crippen molar-refractivity contribution in [3.05, 3.63) is 93.5 Å². The molecule has 3 aromatic rings. The van der Waals surface area contributed by atoms with Crippen molar-refractivity contribution in [1.82, 2.24) is 9.88 Å². The molecule has 42 heavy (non-hydrogen) atoms. The number of fused-ring (bicyclic) bond motifs is 1. The Kier molecular flexibility index (Phi) is 7.42. The summed E-state index contributed by atoms with van der Waals surface area (Å²) in [6.45, 7) is 4.08. The number of hydrogen-bond acceptors (Lipinski definition) is 6. The van der Waals surface area contributed by atoms with Gasteiger partial charge in [0.2, 0.25) is 0 Å². The van der Waals surface area contributed by atoms with E-state index in [4.69, 9.17) is 31.2 Å². The number of carbonyl (C=O) groups is 1. The van der Waals surface area contributed by atoms with Crippen molar-refractivity contribution in [2.75, 3.05) is 13.1 Å². The Morgan fingerprint density at radius 2 is 2.02 bits per heavy atom. The molecule has 0 bridgehead atoms. The second kappa shape index (κ2) is 11.0. The number of nitrogens with zero attached hydrogens (tertiary/aromatic N) is 3. The average Bonchev–Trinajstić information content (AvgIpc) is 3.65. The number of benzene rings is 2. The van der Waals surface area contributed by atoms with E-state index in [0.717, 1.165) is 61.7 Å². The second-order valence-corrected chi connectivity index (χ2v) is 12.1. The first-order chi connectivity index (χ1) is 20.2. The van der Waals surface area contributed by atoms with Gasteiger partial charge in [-0.1, -0.05) is 23.7 Å². The smallest absolute Gasteiger partial charge is 0.328 e. The summed E-state index contributed by atoms with van der Waals surface area (Å²) in [5.41, 5.74) is 3.67. The molecule has 0 radical (unpaired) electrons. The molecule has 2 aromatic carbocycles. The number of ether oxygens (including phenoxy) is 2. The number of piperidine rings is 1. The van der Waals surface area contributed by atoms with Crippen LogP contribution in [0, 0.1) is 22.6 Å². The highest BCUT2D eigenvalue weighted by atomic mass is 35.5. The van der Waals surface area contributed by atoms with Gasteiger partial charge in [-0.2, -0.15) is 5.26 Å². The maximum Gasteiger partial charge on any atom is 0.328 e. The summed E-state index contributed by atoms with van der Waals surface area (Å²) in [6, 6.07) is 14.8. The predicted molar refractivity (Wildman–Crippen MR) is 156 cm³/mol. The molecule has 2 fully saturated rings. The maximum absolute atomic E-state index is 14.8. The third-order valence-electron chi connectivity index (χ3n) is 8.55. The molecule has 1 aromatic heterocycles. The zero-order valence-electron chi connectivity index (χ0n) is 23.3. The number of nitriles is 1. The van der Waals surface area contributed by atoms with Crippen LogP contribution >= 0.6 is 11.6 Å². The van der Waals surface area contributed by atoms with Crippen LogP contribution in [0.3, 0.4) is 0 Å². The highest BCUT2D eigenvalue weighted by Crippen LogP contribution is 2.50. The highest BCUT2D eigenvalue weighted by Gasteiger charge is 2.44. The Morgan fingerprint density at radius 1 is 1.24 bits per heavy atom. The molecule has 0 unspecified atom stereocenters. The average molecular weight is 588 g/mol. The van der Waals surface area contributed by atoms with Crippen LogP contribution in [0.5, 0.6) is 11.5 Å². The minimum Gasteiger partial charge on any atom is -0.478 e. The van der Waals surface area contributed by atoms with Crippen molar-refractivity contribution in [1.29, 1.82) is 5.26 Å². The first-order valence-electron chi connectivity index (χ1n) is 14.2. The summed E-state index contributed by atoms with van der Waals surface area (Å²) in [4.78, 5) is 18.1. The Balaban J connectivity index is 1.16. The summed E-state index contributed by atoms with van der Waals surface area (Å²) < 4.78 is 27.3. The van der Waals surface area contributed by atoms with Crippen LogP contribution in [0.25, 0.3) is 6.08 Å². The van der Waals surface area contributed by atoms with Gasteiger partial charge in [-0.15, -0.1) is 0 Å². The third kappa shape index (κ3) is 5.72. The normalized spacial score (nSPS) is 21.4. The Bertz CT molecular complexity index is 1610. The molecule has 1 aliphatic carbocycles. The predicted octanol–water partition coefficient (Wildman–Crippen LogP) is 6.84. The zero-order chi connectivity index (χ0) is 29.5. The fourth-order valence-electron chi connectivity index (χ4n) is 6.01. The first-order valence-corrected chi connectivity index (χ1v) is 14.5. The number of aliphatic carboxylic acids is 1. The SMILES string of the molecule is C[C@]1(c2ccc(Cl)cc2F)Oc2cccc(C3CCN(Cc4ncc(/C=C/C(=O)O)cc4CC4(C#N)CC4)CC3)c2O1. The number of carboxylic acid groups (broad SMARTS) is 1. The Morgan fingerprint density at radius 3 is 2.71 bits per heavy atom. The minimum atomic E-state index is -1.29. The number of halogens is 2. The van der Waals surface area contributed by atoms with E-state index in [9.17, 15) is 14.4 Å². The molecule has 216 valence electrons. The van der Waals surface area contributed by atoms with Crippen molar-refractivity contribution in [2.24, 2.45) is 5.41 Å². The summed E-state index contributed by atoms with van der Waals surface area (Å²) in [7, 11) is 0. The summed E-state index contributed by atoms with van der Waals surface area (Å²) in [5, 5.41) is 19.0. The number of rotatable bonds is 8. The van der Waals surface area contributed by atoms with E-state index in [-0.39, 0.29) is 11.3 Å². The lowest BCUT2D eigenvalue weighted by atomic mass is 9.88. The van der Waals surface area contributed by atoms with Crippen molar-refractivity contribution in [3.63, 3.8) is 0 Å². The highest BCUT2D eigenvalue weighted by molar-refractivity contribution is 6.30. The van der Waals surface area contributed by atoms with E-state index in [1.54, 1.807) is 25.3 Å². The lowest BCUT2D eigenvalue weighted by molar-refractivity contribution is -0.131. The number of likely N-dealkylation sites (tertiary alicyclic amines) is 1. The third-order valence-corrected chi connectivity index (χ3v) is 8.79. The van der Waals surface area contributed by atoms with Gasteiger partial charge in [-0.3, -0.25) is 9.88 Å². The molecule has 3 aliphatic rings.